The van der Waals surface area contributed by atoms with Crippen molar-refractivity contribution in [2.24, 2.45) is 0 Å². The molecule has 0 atom stereocenters. The van der Waals surface area contributed by atoms with Crippen molar-refractivity contribution in [3.63, 3.8) is 0 Å². The van der Waals surface area contributed by atoms with Gasteiger partial charge in [0.05, 0.1) is 11.1 Å². The Balaban J connectivity index is 1.09. The number of hydrogen-bond acceptors (Lipinski definition) is 3. The van der Waals surface area contributed by atoms with Crippen LogP contribution in [0.1, 0.15) is 106 Å². The highest BCUT2D eigenvalue weighted by atomic mass is 32.1. The van der Waals surface area contributed by atoms with Crippen LogP contribution in [0.4, 0.5) is 34.1 Å². The average molecular weight is 959 g/mol. The molecule has 0 amide bonds. The molecule has 0 N–H and O–H groups in total. The predicted octanol–water partition coefficient (Wildman–Crippen LogP) is 17.0. The van der Waals surface area contributed by atoms with Gasteiger partial charge in [-0.3, -0.25) is 0 Å². The Morgan fingerprint density at radius 2 is 1.05 bits per heavy atom. The molecule has 2 nitrogen and oxygen atoms in total. The highest BCUT2D eigenvalue weighted by Crippen LogP contribution is 2.64. The van der Waals surface area contributed by atoms with Gasteiger partial charge in [-0.05, 0) is 167 Å². The molecule has 14 rings (SSSR count). The molecular formula is C69H59BN2S. The second-order valence-corrected chi connectivity index (χ2v) is 24.6. The first kappa shape index (κ1) is 44.3. The standard InChI is InChI=1S/C69H59BN2S/c1-41(2)43-31-33-49-50-39-51-62(40-57(50)69(56(49)37-43)52-27-18-16-25-47(52)48-26-17-19-28-53(48)69)73-66-65(51)72(46-23-14-11-15-24-46)61-36-42(3)35-60-64(61)70(66)58-34-32-44(38-59(58)71(60)45-21-12-10-13-22-45)63-54(67(4,5)6)29-20-30-55(63)68(7,8)9/h10-41H,1-9H3. The maximum atomic E-state index is 2.63. The number of benzene rings is 9. The quantitative estimate of drug-likeness (QED) is 0.162. The number of para-hydroxylation sites is 2. The van der Waals surface area contributed by atoms with Crippen LogP contribution in [0.25, 0.3) is 43.5 Å². The molecule has 73 heavy (non-hydrogen) atoms. The fraction of sp³-hybridized carbons (Fsp3) is 0.188. The van der Waals surface area contributed by atoms with Crippen LogP contribution in [0.5, 0.6) is 0 Å². The average Bonchev–Trinajstić information content (AvgIpc) is 4.01. The maximum absolute atomic E-state index is 2.63. The summed E-state index contributed by atoms with van der Waals surface area (Å²) in [6.45, 7) is 21.1. The fourth-order valence-corrected chi connectivity index (χ4v) is 14.9. The van der Waals surface area contributed by atoms with Crippen molar-refractivity contribution < 1.29 is 0 Å². The van der Waals surface area contributed by atoms with E-state index in [4.69, 9.17) is 0 Å². The summed E-state index contributed by atoms with van der Waals surface area (Å²) in [7, 11) is 0. The topological polar surface area (TPSA) is 6.48 Å². The van der Waals surface area contributed by atoms with E-state index in [9.17, 15) is 0 Å². The van der Waals surface area contributed by atoms with Gasteiger partial charge in [0.2, 0.25) is 0 Å². The minimum absolute atomic E-state index is 0.000426. The minimum atomic E-state index is -0.437. The second-order valence-electron chi connectivity index (χ2n) is 23.5. The molecule has 10 aromatic rings. The first-order valence-corrected chi connectivity index (χ1v) is 27.1. The Hall–Kier alpha value is -7.40. The number of aryl methyl sites for hydroxylation is 1. The van der Waals surface area contributed by atoms with Crippen LogP contribution in [0.3, 0.4) is 0 Å². The number of nitrogens with zero attached hydrogens (tertiary/aromatic N) is 2. The normalized spacial score (nSPS) is 14.5. The summed E-state index contributed by atoms with van der Waals surface area (Å²) in [4.78, 5) is 5.20. The van der Waals surface area contributed by atoms with Gasteiger partial charge in [0, 0.05) is 43.3 Å². The van der Waals surface area contributed by atoms with Crippen molar-refractivity contribution in [2.45, 2.75) is 84.5 Å². The summed E-state index contributed by atoms with van der Waals surface area (Å²) in [5.74, 6) is 0.405. The lowest BCUT2D eigenvalue weighted by atomic mass is 9.36. The molecule has 0 bridgehead atoms. The Labute approximate surface area is 435 Å². The van der Waals surface area contributed by atoms with Gasteiger partial charge in [-0.15, -0.1) is 11.3 Å². The van der Waals surface area contributed by atoms with Crippen LogP contribution in [-0.4, -0.2) is 6.71 Å². The van der Waals surface area contributed by atoms with Gasteiger partial charge in [0.1, 0.15) is 0 Å². The molecule has 0 saturated carbocycles. The van der Waals surface area contributed by atoms with Crippen molar-refractivity contribution in [1.29, 1.82) is 0 Å². The molecule has 4 aliphatic rings. The zero-order chi connectivity index (χ0) is 49.9. The molecule has 4 heteroatoms. The number of thiophene rings is 1. The SMILES string of the molecule is Cc1cc2c3c(c1)N(c1ccccc1)c1c(sc4cc5c(cc14)-c1ccc(C(C)C)cc1C51c4ccccc4-c4ccccc41)B3c1ccc(-c3c(C(C)(C)C)cccc3C(C)(C)C)cc1N2c1ccccc1. The van der Waals surface area contributed by atoms with Crippen LogP contribution in [0.15, 0.2) is 188 Å². The molecule has 2 aliphatic heterocycles. The van der Waals surface area contributed by atoms with E-state index in [1.54, 1.807) is 0 Å². The van der Waals surface area contributed by atoms with Crippen molar-refractivity contribution in [2.75, 3.05) is 9.80 Å². The molecule has 0 unspecified atom stereocenters. The summed E-state index contributed by atoms with van der Waals surface area (Å²) < 4.78 is 2.72. The van der Waals surface area contributed by atoms with Crippen molar-refractivity contribution in [3.05, 3.63) is 233 Å². The molecule has 0 saturated heterocycles. The largest absolute Gasteiger partial charge is 0.311 e. The van der Waals surface area contributed by atoms with Gasteiger partial charge in [0.15, 0.2) is 0 Å². The summed E-state index contributed by atoms with van der Waals surface area (Å²) in [6, 6.07) is 72.7. The van der Waals surface area contributed by atoms with Crippen LogP contribution >= 0.6 is 11.3 Å². The highest BCUT2D eigenvalue weighted by Gasteiger charge is 2.53. The van der Waals surface area contributed by atoms with E-state index < -0.39 is 5.41 Å². The Morgan fingerprint density at radius 3 is 1.67 bits per heavy atom. The lowest BCUT2D eigenvalue weighted by Gasteiger charge is -2.43. The maximum Gasteiger partial charge on any atom is 0.264 e. The molecule has 0 fully saturated rings. The summed E-state index contributed by atoms with van der Waals surface area (Å²) in [5, 5.41) is 1.31. The monoisotopic (exact) mass is 958 g/mol. The Kier molecular flexibility index (Phi) is 9.45. The summed E-state index contributed by atoms with van der Waals surface area (Å²) in [6.07, 6.45) is 0. The van der Waals surface area contributed by atoms with Gasteiger partial charge < -0.3 is 9.80 Å². The summed E-state index contributed by atoms with van der Waals surface area (Å²) >= 11 is 2.01. The number of hydrogen-bond donors (Lipinski definition) is 0. The van der Waals surface area contributed by atoms with E-state index in [1.165, 1.54) is 138 Å². The Bertz CT molecular complexity index is 3860. The minimum Gasteiger partial charge on any atom is -0.311 e. The van der Waals surface area contributed by atoms with Crippen LogP contribution < -0.4 is 25.5 Å². The van der Waals surface area contributed by atoms with Gasteiger partial charge in [-0.2, -0.15) is 0 Å². The molecular weight excluding hydrogens is 900 g/mol. The van der Waals surface area contributed by atoms with Crippen molar-refractivity contribution in [1.82, 2.24) is 0 Å². The first-order valence-electron chi connectivity index (χ1n) is 26.3. The van der Waals surface area contributed by atoms with E-state index in [0.717, 1.165) is 0 Å². The van der Waals surface area contributed by atoms with E-state index in [2.05, 4.69) is 260 Å². The zero-order valence-electron chi connectivity index (χ0n) is 43.4. The zero-order valence-corrected chi connectivity index (χ0v) is 44.2. The molecule has 9 aromatic carbocycles. The fourth-order valence-electron chi connectivity index (χ4n) is 13.6. The van der Waals surface area contributed by atoms with Crippen LogP contribution in [-0.2, 0) is 16.2 Å². The summed E-state index contributed by atoms with van der Waals surface area (Å²) in [5.41, 5.74) is 28.5. The predicted molar refractivity (Wildman–Crippen MR) is 314 cm³/mol. The molecule has 2 aliphatic carbocycles. The Morgan fingerprint density at radius 1 is 0.493 bits per heavy atom. The molecule has 3 heterocycles. The van der Waals surface area contributed by atoms with Crippen molar-refractivity contribution >= 4 is 78.0 Å². The number of anilines is 6. The molecule has 1 spiro atoms. The van der Waals surface area contributed by atoms with Crippen LogP contribution in [0, 0.1) is 6.92 Å². The van der Waals surface area contributed by atoms with Crippen LogP contribution in [0.2, 0.25) is 0 Å². The van der Waals surface area contributed by atoms with E-state index in [1.807, 2.05) is 11.3 Å². The molecule has 1 aromatic heterocycles. The third-order valence-corrected chi connectivity index (χ3v) is 17.9. The van der Waals surface area contributed by atoms with Gasteiger partial charge in [-0.1, -0.05) is 189 Å². The molecule has 0 radical (unpaired) electrons. The number of fused-ring (bicyclic) bond motifs is 16. The first-order chi connectivity index (χ1) is 35.2. The third-order valence-electron chi connectivity index (χ3n) is 16.7. The van der Waals surface area contributed by atoms with Gasteiger partial charge >= 0.3 is 0 Å². The van der Waals surface area contributed by atoms with Gasteiger partial charge in [0.25, 0.3) is 6.71 Å². The highest BCUT2D eigenvalue weighted by molar-refractivity contribution is 7.33. The molecule has 354 valence electrons. The number of rotatable bonds is 4. The van der Waals surface area contributed by atoms with E-state index in [0.29, 0.717) is 5.92 Å². The van der Waals surface area contributed by atoms with E-state index in [-0.39, 0.29) is 17.5 Å². The van der Waals surface area contributed by atoms with Crippen molar-refractivity contribution in [3.8, 4) is 33.4 Å². The smallest absolute Gasteiger partial charge is 0.264 e. The third kappa shape index (κ3) is 6.17. The lowest BCUT2D eigenvalue weighted by Crippen LogP contribution is -2.60. The van der Waals surface area contributed by atoms with E-state index >= 15 is 0 Å². The lowest BCUT2D eigenvalue weighted by molar-refractivity contribution is 0.572. The second kappa shape index (κ2) is 15.6. The van der Waals surface area contributed by atoms with Gasteiger partial charge in [-0.25, -0.2) is 0 Å².